The van der Waals surface area contributed by atoms with Gasteiger partial charge in [0, 0.05) is 18.3 Å². The highest BCUT2D eigenvalue weighted by Crippen LogP contribution is 2.22. The van der Waals surface area contributed by atoms with Crippen LogP contribution in [-0.4, -0.2) is 56.3 Å². The van der Waals surface area contributed by atoms with Crippen LogP contribution >= 0.6 is 0 Å². The highest BCUT2D eigenvalue weighted by atomic mass is 16.4. The maximum atomic E-state index is 12.8. The van der Waals surface area contributed by atoms with E-state index in [0.29, 0.717) is 30.0 Å². The number of rotatable bonds is 5. The van der Waals surface area contributed by atoms with Gasteiger partial charge in [-0.3, -0.25) is 4.79 Å². The molecule has 2 heterocycles. The molecule has 0 radical (unpaired) electrons. The second kappa shape index (κ2) is 8.34. The Morgan fingerprint density at radius 1 is 1.28 bits per heavy atom. The van der Waals surface area contributed by atoms with E-state index in [1.807, 2.05) is 13.8 Å². The van der Waals surface area contributed by atoms with Gasteiger partial charge < -0.3 is 20.6 Å². The van der Waals surface area contributed by atoms with Crippen LogP contribution < -0.4 is 10.6 Å². The molecular formula is C20H25N5O4. The maximum Gasteiger partial charge on any atom is 0.339 e. The van der Waals surface area contributed by atoms with Crippen LogP contribution in [0.3, 0.4) is 0 Å². The molecule has 3 rings (SSSR count). The molecule has 9 heteroatoms. The van der Waals surface area contributed by atoms with Gasteiger partial charge in [0.2, 0.25) is 5.91 Å². The van der Waals surface area contributed by atoms with E-state index >= 15 is 0 Å². The monoisotopic (exact) mass is 399 g/mol. The third kappa shape index (κ3) is 4.39. The third-order valence-corrected chi connectivity index (χ3v) is 4.83. The van der Waals surface area contributed by atoms with Crippen LogP contribution in [0.15, 0.2) is 30.5 Å². The zero-order valence-electron chi connectivity index (χ0n) is 16.7. The van der Waals surface area contributed by atoms with Crippen LogP contribution in [0.4, 0.5) is 10.5 Å². The predicted octanol–water partition coefficient (Wildman–Crippen LogP) is 2.40. The molecule has 1 aliphatic rings. The number of hydrogen-bond donors (Lipinski definition) is 3. The van der Waals surface area contributed by atoms with Gasteiger partial charge in [-0.05, 0) is 51.8 Å². The Balaban J connectivity index is 1.75. The van der Waals surface area contributed by atoms with Gasteiger partial charge in [-0.2, -0.15) is 5.10 Å². The SMILES string of the molecule is Cc1c(C(=O)O)cnn1-c1cccc(NC(=O)[C@@H]2CCCN2C(=O)NC(C)C)c1. The van der Waals surface area contributed by atoms with Crippen LogP contribution in [0.1, 0.15) is 42.7 Å². The Morgan fingerprint density at radius 3 is 2.69 bits per heavy atom. The van der Waals surface area contributed by atoms with Crippen molar-refractivity contribution < 1.29 is 19.5 Å². The Morgan fingerprint density at radius 2 is 2.03 bits per heavy atom. The Kier molecular flexibility index (Phi) is 5.86. The van der Waals surface area contributed by atoms with Gasteiger partial charge in [0.1, 0.15) is 11.6 Å². The molecule has 1 aliphatic heterocycles. The summed E-state index contributed by atoms with van der Waals surface area (Å²) in [7, 11) is 0. The fourth-order valence-corrected chi connectivity index (χ4v) is 3.43. The Hall–Kier alpha value is -3.36. The van der Waals surface area contributed by atoms with E-state index in [0.717, 1.165) is 6.42 Å². The van der Waals surface area contributed by atoms with Crippen molar-refractivity contribution in [1.82, 2.24) is 20.0 Å². The van der Waals surface area contributed by atoms with E-state index in [2.05, 4.69) is 15.7 Å². The summed E-state index contributed by atoms with van der Waals surface area (Å²) in [6.45, 7) is 5.97. The maximum absolute atomic E-state index is 12.8. The average Bonchev–Trinajstić information content (AvgIpc) is 3.28. The molecule has 0 saturated carbocycles. The molecule has 3 amide bonds. The van der Waals surface area contributed by atoms with E-state index in [1.54, 1.807) is 36.1 Å². The topological polar surface area (TPSA) is 117 Å². The van der Waals surface area contributed by atoms with E-state index in [1.165, 1.54) is 10.9 Å². The molecule has 0 spiro atoms. The lowest BCUT2D eigenvalue weighted by atomic mass is 10.2. The second-order valence-electron chi connectivity index (χ2n) is 7.36. The molecular weight excluding hydrogens is 374 g/mol. The van der Waals surface area contributed by atoms with E-state index in [9.17, 15) is 19.5 Å². The number of carbonyl (C=O) groups excluding carboxylic acids is 2. The van der Waals surface area contributed by atoms with Crippen LogP contribution in [0, 0.1) is 6.92 Å². The normalized spacial score (nSPS) is 16.1. The summed E-state index contributed by atoms with van der Waals surface area (Å²) in [5.41, 5.74) is 1.80. The molecule has 1 fully saturated rings. The van der Waals surface area contributed by atoms with E-state index in [4.69, 9.17) is 0 Å². The van der Waals surface area contributed by atoms with Crippen molar-refractivity contribution in [2.24, 2.45) is 0 Å². The van der Waals surface area contributed by atoms with E-state index in [-0.39, 0.29) is 23.5 Å². The summed E-state index contributed by atoms with van der Waals surface area (Å²) in [6, 6.07) is 6.23. The van der Waals surface area contributed by atoms with Crippen LogP contribution in [0.25, 0.3) is 5.69 Å². The summed E-state index contributed by atoms with van der Waals surface area (Å²) in [6.07, 6.45) is 2.68. The number of nitrogens with one attached hydrogen (secondary N) is 2. The lowest BCUT2D eigenvalue weighted by Crippen LogP contribution is -2.49. The number of aromatic nitrogens is 2. The molecule has 29 heavy (non-hydrogen) atoms. The van der Waals surface area contributed by atoms with E-state index < -0.39 is 12.0 Å². The fraction of sp³-hybridized carbons (Fsp3) is 0.400. The first kappa shape index (κ1) is 20.4. The van der Waals surface area contributed by atoms with Crippen LogP contribution in [0.5, 0.6) is 0 Å². The smallest absolute Gasteiger partial charge is 0.339 e. The molecule has 0 unspecified atom stereocenters. The Labute approximate surface area is 168 Å². The van der Waals surface area contributed by atoms with Crippen molar-refractivity contribution >= 4 is 23.6 Å². The summed E-state index contributed by atoms with van der Waals surface area (Å²) >= 11 is 0. The van der Waals surface area contributed by atoms with Crippen LogP contribution in [-0.2, 0) is 4.79 Å². The highest BCUT2D eigenvalue weighted by molar-refractivity contribution is 5.97. The van der Waals surface area contributed by atoms with Gasteiger partial charge in [-0.1, -0.05) is 6.07 Å². The molecule has 3 N–H and O–H groups in total. The standard InChI is InChI=1S/C20H25N5O4/c1-12(2)22-20(29)24-9-5-8-17(24)18(26)23-14-6-4-7-15(10-14)25-13(3)16(11-21-25)19(27)28/h4,6-7,10-12,17H,5,8-9H2,1-3H3,(H,22,29)(H,23,26)(H,27,28)/t17-/m0/s1. The lowest BCUT2D eigenvalue weighted by Gasteiger charge is -2.25. The number of aromatic carboxylic acids is 1. The number of carbonyl (C=O) groups is 3. The molecule has 9 nitrogen and oxygen atoms in total. The number of likely N-dealkylation sites (tertiary alicyclic amines) is 1. The van der Waals surface area contributed by atoms with Gasteiger partial charge in [0.15, 0.2) is 0 Å². The average molecular weight is 399 g/mol. The summed E-state index contributed by atoms with van der Waals surface area (Å²) < 4.78 is 1.51. The van der Waals surface area contributed by atoms with Gasteiger partial charge in [0.05, 0.1) is 17.6 Å². The van der Waals surface area contributed by atoms with Crippen molar-refractivity contribution in [2.45, 2.75) is 45.7 Å². The highest BCUT2D eigenvalue weighted by Gasteiger charge is 2.34. The van der Waals surface area contributed by atoms with Crippen LogP contribution in [0.2, 0.25) is 0 Å². The van der Waals surface area contributed by atoms with Crippen molar-refractivity contribution in [1.29, 1.82) is 0 Å². The number of amides is 3. The summed E-state index contributed by atoms with van der Waals surface area (Å²) in [5, 5.41) is 19.0. The van der Waals surface area contributed by atoms with Crippen molar-refractivity contribution in [3.8, 4) is 5.69 Å². The fourth-order valence-electron chi connectivity index (χ4n) is 3.43. The van der Waals surface area contributed by atoms with Gasteiger partial charge >= 0.3 is 12.0 Å². The number of nitrogens with zero attached hydrogens (tertiary/aromatic N) is 3. The molecule has 0 bridgehead atoms. The number of carboxylic acids is 1. The quantitative estimate of drug-likeness (QED) is 0.714. The van der Waals surface area contributed by atoms with Crippen molar-refractivity contribution in [3.05, 3.63) is 41.7 Å². The first-order chi connectivity index (χ1) is 13.8. The molecule has 1 atom stereocenters. The Bertz CT molecular complexity index is 937. The van der Waals surface area contributed by atoms with Gasteiger partial charge in [-0.25, -0.2) is 14.3 Å². The number of carboxylic acid groups (broad SMARTS) is 1. The third-order valence-electron chi connectivity index (χ3n) is 4.83. The second-order valence-corrected chi connectivity index (χ2v) is 7.36. The number of benzene rings is 1. The minimum atomic E-state index is -1.04. The minimum Gasteiger partial charge on any atom is -0.478 e. The molecule has 154 valence electrons. The first-order valence-corrected chi connectivity index (χ1v) is 9.54. The number of hydrogen-bond acceptors (Lipinski definition) is 4. The van der Waals surface area contributed by atoms with Crippen molar-refractivity contribution in [2.75, 3.05) is 11.9 Å². The predicted molar refractivity (Wildman–Crippen MR) is 107 cm³/mol. The molecule has 1 aromatic heterocycles. The lowest BCUT2D eigenvalue weighted by molar-refractivity contribution is -0.119. The molecule has 0 aliphatic carbocycles. The molecule has 1 saturated heterocycles. The largest absolute Gasteiger partial charge is 0.478 e. The summed E-state index contributed by atoms with van der Waals surface area (Å²) in [5.74, 6) is -1.29. The van der Waals surface area contributed by atoms with Gasteiger partial charge in [0.25, 0.3) is 0 Å². The van der Waals surface area contributed by atoms with Gasteiger partial charge in [-0.15, -0.1) is 0 Å². The summed E-state index contributed by atoms with van der Waals surface area (Å²) in [4.78, 5) is 37.9. The minimum absolute atomic E-state index is 0.00324. The van der Waals surface area contributed by atoms with Crippen molar-refractivity contribution in [3.63, 3.8) is 0 Å². The molecule has 2 aromatic rings. The zero-order valence-corrected chi connectivity index (χ0v) is 16.7. The number of urea groups is 1. The number of anilines is 1. The first-order valence-electron chi connectivity index (χ1n) is 9.54. The molecule has 1 aromatic carbocycles. The zero-order chi connectivity index (χ0) is 21.1.